The van der Waals surface area contributed by atoms with Crippen LogP contribution in [0.3, 0.4) is 0 Å². The van der Waals surface area contributed by atoms with E-state index in [0.29, 0.717) is 48.8 Å². The molecule has 2 aromatic carbocycles. The molecule has 2 saturated heterocycles. The number of carbonyl (C=O) groups excluding carboxylic acids is 5. The van der Waals surface area contributed by atoms with Crippen molar-refractivity contribution >= 4 is 47.0 Å². The molecule has 2 atom stereocenters. The lowest BCUT2D eigenvalue weighted by molar-refractivity contribution is -0.131. The third-order valence-corrected chi connectivity index (χ3v) is 7.09. The van der Waals surface area contributed by atoms with Crippen molar-refractivity contribution in [3.63, 3.8) is 0 Å². The number of nitrogens with zero attached hydrogens (tertiary/aromatic N) is 3. The summed E-state index contributed by atoms with van der Waals surface area (Å²) < 4.78 is 20.3. The maximum atomic E-state index is 15.1. The first kappa shape index (κ1) is 30.4. The second-order valence-corrected chi connectivity index (χ2v) is 10.3. The second-order valence-electron chi connectivity index (χ2n) is 10.3. The Hall–Kier alpha value is -4.52. The van der Waals surface area contributed by atoms with Crippen molar-refractivity contribution in [3.8, 4) is 0 Å². The number of halogens is 1. The van der Waals surface area contributed by atoms with Crippen molar-refractivity contribution < 1.29 is 33.1 Å². The van der Waals surface area contributed by atoms with E-state index < -0.39 is 18.0 Å². The normalized spacial score (nSPS) is 17.5. The molecule has 0 bridgehead atoms. The maximum Gasteiger partial charge on any atom is 0.414 e. The number of ketones is 1. The van der Waals surface area contributed by atoms with E-state index in [0.717, 1.165) is 6.29 Å². The van der Waals surface area contributed by atoms with Gasteiger partial charge in [0.1, 0.15) is 18.2 Å². The van der Waals surface area contributed by atoms with Crippen molar-refractivity contribution in [2.75, 3.05) is 54.5 Å². The van der Waals surface area contributed by atoms with E-state index in [1.807, 2.05) is 4.90 Å². The number of amides is 3. The Labute approximate surface area is 243 Å². The van der Waals surface area contributed by atoms with Gasteiger partial charge in [-0.05, 0) is 49.4 Å². The van der Waals surface area contributed by atoms with Crippen LogP contribution in [0.5, 0.6) is 0 Å². The molecule has 2 heterocycles. The van der Waals surface area contributed by atoms with Crippen LogP contribution >= 0.6 is 0 Å². The highest BCUT2D eigenvalue weighted by Gasteiger charge is 2.33. The molecule has 0 unspecified atom stereocenters. The largest absolute Gasteiger partial charge is 0.442 e. The van der Waals surface area contributed by atoms with Gasteiger partial charge in [-0.1, -0.05) is 0 Å². The van der Waals surface area contributed by atoms with Crippen molar-refractivity contribution in [3.05, 3.63) is 53.8 Å². The summed E-state index contributed by atoms with van der Waals surface area (Å²) in [6.45, 7) is 5.09. The molecule has 0 aliphatic carbocycles. The first-order valence-corrected chi connectivity index (χ1v) is 13.8. The topological polar surface area (TPSA) is 140 Å². The van der Waals surface area contributed by atoms with E-state index in [4.69, 9.17) is 4.74 Å². The minimum absolute atomic E-state index is 0.0763. The Morgan fingerprint density at radius 1 is 1.07 bits per heavy atom. The molecule has 224 valence electrons. The van der Waals surface area contributed by atoms with Gasteiger partial charge in [0.15, 0.2) is 5.78 Å². The molecule has 0 radical (unpaired) electrons. The maximum absolute atomic E-state index is 15.1. The number of anilines is 3. The van der Waals surface area contributed by atoms with Gasteiger partial charge in [-0.3, -0.25) is 19.3 Å². The molecule has 12 nitrogen and oxygen atoms in total. The molecule has 2 aliphatic heterocycles. The van der Waals surface area contributed by atoms with E-state index in [9.17, 15) is 24.0 Å². The predicted octanol–water partition coefficient (Wildman–Crippen LogP) is 2.10. The molecular formula is C29H35FN6O6. The molecule has 0 spiro atoms. The predicted molar refractivity (Wildman–Crippen MR) is 154 cm³/mol. The number of ether oxygens (including phenoxy) is 1. The van der Waals surface area contributed by atoms with E-state index in [2.05, 4.69) is 16.2 Å². The number of rotatable bonds is 12. The molecular weight excluding hydrogens is 547 g/mol. The highest BCUT2D eigenvalue weighted by Crippen LogP contribution is 2.28. The lowest BCUT2D eigenvalue weighted by atomic mass is 10.1. The average molecular weight is 583 g/mol. The lowest BCUT2D eigenvalue weighted by Crippen LogP contribution is -2.49. The highest BCUT2D eigenvalue weighted by molar-refractivity contribution is 5.98. The molecule has 2 fully saturated rings. The van der Waals surface area contributed by atoms with Crippen molar-refractivity contribution in [1.82, 2.24) is 15.6 Å². The Bertz CT molecular complexity index is 1310. The number of cyclic esters (lactones) is 1. The molecule has 0 saturated carbocycles. The Morgan fingerprint density at radius 2 is 1.79 bits per heavy atom. The second kappa shape index (κ2) is 13.9. The Kier molecular flexibility index (Phi) is 10.1. The van der Waals surface area contributed by atoms with Crippen molar-refractivity contribution in [1.29, 1.82) is 0 Å². The summed E-state index contributed by atoms with van der Waals surface area (Å²) in [7, 11) is 0. The summed E-state index contributed by atoms with van der Waals surface area (Å²) in [5, 5.41) is 2.61. The number of Topliss-reactive ketones (excluding diaryl/α,β-unsaturated/α-hetero) is 1. The Morgan fingerprint density at radius 3 is 2.43 bits per heavy atom. The number of hydrazine groups is 1. The number of nitrogens with one attached hydrogen (secondary N) is 3. The molecule has 4 rings (SSSR count). The number of aldehydes is 1. The molecule has 0 aromatic heterocycles. The standard InChI is InChI=1S/C29H35FN6O6/c1-19(18-37)32-33-22-5-3-21(4-6-22)27(39)9-10-28(40)35-13-11-34(12-14-35)26-8-7-23(15-25(26)30)36-17-24(42-29(36)41)16-31-20(2)38/h3-8,15,18-19,24,32-33H,9-14,16-17H2,1-2H3,(H,31,38)/t19-,24-/m0/s1. The number of hydrogen-bond acceptors (Lipinski definition) is 9. The first-order chi connectivity index (χ1) is 20.1. The van der Waals surface area contributed by atoms with E-state index >= 15 is 4.39 Å². The van der Waals surface area contributed by atoms with Gasteiger partial charge < -0.3 is 30.1 Å². The van der Waals surface area contributed by atoms with Crippen LogP contribution in [0.25, 0.3) is 0 Å². The summed E-state index contributed by atoms with van der Waals surface area (Å²) in [5.74, 6) is -1.00. The van der Waals surface area contributed by atoms with Crippen LogP contribution in [0.1, 0.15) is 37.0 Å². The fourth-order valence-corrected chi connectivity index (χ4v) is 4.71. The van der Waals surface area contributed by atoms with Gasteiger partial charge in [-0.25, -0.2) is 14.6 Å². The van der Waals surface area contributed by atoms with E-state index in [1.54, 1.807) is 48.2 Å². The average Bonchev–Trinajstić information content (AvgIpc) is 3.37. The molecule has 2 aliphatic rings. The van der Waals surface area contributed by atoms with Gasteiger partial charge in [0, 0.05) is 57.2 Å². The molecule has 13 heteroatoms. The van der Waals surface area contributed by atoms with E-state index in [1.165, 1.54) is 17.9 Å². The Balaban J connectivity index is 1.23. The minimum Gasteiger partial charge on any atom is -0.442 e. The third kappa shape index (κ3) is 7.81. The zero-order valence-corrected chi connectivity index (χ0v) is 23.6. The zero-order valence-electron chi connectivity index (χ0n) is 23.6. The van der Waals surface area contributed by atoms with Crippen LogP contribution in [0.2, 0.25) is 0 Å². The van der Waals surface area contributed by atoms with Crippen LogP contribution < -0.4 is 26.0 Å². The number of piperazine rings is 1. The fourth-order valence-electron chi connectivity index (χ4n) is 4.71. The van der Waals surface area contributed by atoms with Gasteiger partial charge in [-0.15, -0.1) is 0 Å². The fraction of sp³-hybridized carbons (Fsp3) is 0.414. The minimum atomic E-state index is -0.602. The summed E-state index contributed by atoms with van der Waals surface area (Å²) in [5.41, 5.74) is 7.62. The van der Waals surface area contributed by atoms with Gasteiger partial charge in [0.2, 0.25) is 11.8 Å². The SMILES string of the molecule is CC(=O)NC[C@H]1CN(c2ccc(N3CCN(C(=O)CCC(=O)c4ccc(NN[C@@H](C)C=O)cc4)CC3)c(F)c2)C(=O)O1. The van der Waals surface area contributed by atoms with Crippen LogP contribution in [-0.4, -0.2) is 86.3 Å². The summed E-state index contributed by atoms with van der Waals surface area (Å²) in [4.78, 5) is 64.3. The molecule has 3 N–H and O–H groups in total. The number of benzene rings is 2. The third-order valence-electron chi connectivity index (χ3n) is 7.09. The van der Waals surface area contributed by atoms with Crippen LogP contribution in [0.15, 0.2) is 42.5 Å². The summed E-state index contributed by atoms with van der Waals surface area (Å²) >= 11 is 0. The summed E-state index contributed by atoms with van der Waals surface area (Å²) in [6.07, 6.45) is -0.201. The zero-order chi connectivity index (χ0) is 30.2. The van der Waals surface area contributed by atoms with Gasteiger partial charge in [0.25, 0.3) is 0 Å². The molecule has 3 amide bonds. The quantitative estimate of drug-likeness (QED) is 0.195. The molecule has 2 aromatic rings. The summed E-state index contributed by atoms with van der Waals surface area (Å²) in [6, 6.07) is 10.9. The van der Waals surface area contributed by atoms with Gasteiger partial charge in [0.05, 0.1) is 30.5 Å². The van der Waals surface area contributed by atoms with Gasteiger partial charge in [-0.2, -0.15) is 0 Å². The lowest BCUT2D eigenvalue weighted by Gasteiger charge is -2.36. The van der Waals surface area contributed by atoms with E-state index in [-0.39, 0.29) is 49.6 Å². The number of hydrogen-bond donors (Lipinski definition) is 3. The smallest absolute Gasteiger partial charge is 0.414 e. The first-order valence-electron chi connectivity index (χ1n) is 13.8. The van der Waals surface area contributed by atoms with Crippen LogP contribution in [0, 0.1) is 5.82 Å². The number of carbonyl (C=O) groups is 5. The van der Waals surface area contributed by atoms with Crippen LogP contribution in [-0.2, 0) is 19.1 Å². The highest BCUT2D eigenvalue weighted by atomic mass is 19.1. The van der Waals surface area contributed by atoms with Crippen molar-refractivity contribution in [2.24, 2.45) is 0 Å². The van der Waals surface area contributed by atoms with Gasteiger partial charge >= 0.3 is 6.09 Å². The molecule has 42 heavy (non-hydrogen) atoms. The monoisotopic (exact) mass is 582 g/mol. The van der Waals surface area contributed by atoms with Crippen molar-refractivity contribution in [2.45, 2.75) is 38.8 Å². The van der Waals surface area contributed by atoms with Crippen LogP contribution in [0.4, 0.5) is 26.2 Å².